The molecule has 98 valence electrons. The zero-order valence-corrected chi connectivity index (χ0v) is 10.2. The first-order valence-electron chi connectivity index (χ1n) is 5.79. The van der Waals surface area contributed by atoms with E-state index >= 15 is 0 Å². The highest BCUT2D eigenvalue weighted by atomic mass is 16.3. The van der Waals surface area contributed by atoms with Crippen molar-refractivity contribution in [2.24, 2.45) is 5.92 Å². The van der Waals surface area contributed by atoms with Gasteiger partial charge in [-0.3, -0.25) is 9.59 Å². The molecule has 6 heteroatoms. The van der Waals surface area contributed by atoms with Crippen LogP contribution in [0.2, 0.25) is 0 Å². The Morgan fingerprint density at radius 2 is 2.28 bits per heavy atom. The van der Waals surface area contributed by atoms with Crippen molar-refractivity contribution >= 4 is 11.8 Å². The molecule has 2 heterocycles. The monoisotopic (exact) mass is 252 g/mol. The third kappa shape index (κ3) is 2.53. The fourth-order valence-electron chi connectivity index (χ4n) is 1.85. The van der Waals surface area contributed by atoms with Gasteiger partial charge < -0.3 is 19.3 Å². The Hall–Kier alpha value is -1.82. The molecule has 6 nitrogen and oxygen atoms in total. The minimum absolute atomic E-state index is 0.0255. The average molecular weight is 252 g/mol. The molecular weight excluding hydrogens is 236 g/mol. The first-order valence-corrected chi connectivity index (χ1v) is 5.79. The van der Waals surface area contributed by atoms with E-state index in [1.165, 1.54) is 11.2 Å². The zero-order chi connectivity index (χ0) is 13.1. The predicted molar refractivity (Wildman–Crippen MR) is 62.8 cm³/mol. The number of amides is 2. The first kappa shape index (κ1) is 12.6. The van der Waals surface area contributed by atoms with E-state index in [2.05, 4.69) is 0 Å². The largest absolute Gasteiger partial charge is 0.459 e. The van der Waals surface area contributed by atoms with E-state index in [9.17, 15) is 9.59 Å². The maximum atomic E-state index is 11.8. The van der Waals surface area contributed by atoms with Gasteiger partial charge in [0.2, 0.25) is 5.91 Å². The van der Waals surface area contributed by atoms with Crippen molar-refractivity contribution in [1.82, 2.24) is 9.80 Å². The van der Waals surface area contributed by atoms with Crippen LogP contribution in [-0.4, -0.2) is 60.0 Å². The van der Waals surface area contributed by atoms with Gasteiger partial charge in [-0.15, -0.1) is 0 Å². The normalized spacial score (nSPS) is 15.3. The molecule has 0 atom stereocenters. The lowest BCUT2D eigenvalue weighted by Crippen LogP contribution is -2.54. The molecule has 1 N–H and O–H groups in total. The van der Waals surface area contributed by atoms with E-state index in [0.717, 1.165) is 0 Å². The fraction of sp³-hybridized carbons (Fsp3) is 0.500. The van der Waals surface area contributed by atoms with Gasteiger partial charge in [0, 0.05) is 32.7 Å². The number of aliphatic hydroxyl groups excluding tert-OH is 1. The Kier molecular flexibility index (Phi) is 3.66. The van der Waals surface area contributed by atoms with Gasteiger partial charge in [0.05, 0.1) is 12.8 Å². The van der Waals surface area contributed by atoms with Crippen LogP contribution in [0.5, 0.6) is 0 Å². The van der Waals surface area contributed by atoms with Crippen LogP contribution in [0.4, 0.5) is 0 Å². The smallest absolute Gasteiger partial charge is 0.289 e. The predicted octanol–water partition coefficient (Wildman–Crippen LogP) is -0.198. The number of likely N-dealkylation sites (tertiary alicyclic amines) is 1. The summed E-state index contributed by atoms with van der Waals surface area (Å²) in [6.07, 6.45) is 1.42. The van der Waals surface area contributed by atoms with Gasteiger partial charge in [0.1, 0.15) is 0 Å². The van der Waals surface area contributed by atoms with Gasteiger partial charge in [0.25, 0.3) is 5.91 Å². The number of hydrogen-bond acceptors (Lipinski definition) is 4. The second kappa shape index (κ2) is 5.22. The van der Waals surface area contributed by atoms with Crippen LogP contribution in [0.3, 0.4) is 0 Å². The number of aliphatic hydroxyl groups is 1. The molecular formula is C12H16N2O4. The lowest BCUT2D eigenvalue weighted by Gasteiger charge is -2.38. The number of nitrogens with zero attached hydrogens (tertiary/aromatic N) is 2. The molecule has 1 aromatic rings. The Bertz CT molecular complexity index is 423. The molecule has 1 aliphatic heterocycles. The summed E-state index contributed by atoms with van der Waals surface area (Å²) in [4.78, 5) is 26.6. The second-order valence-corrected chi connectivity index (χ2v) is 4.49. The zero-order valence-electron chi connectivity index (χ0n) is 10.2. The third-order valence-corrected chi connectivity index (χ3v) is 3.02. The molecule has 0 bridgehead atoms. The number of carbonyl (C=O) groups excluding carboxylic acids is 2. The van der Waals surface area contributed by atoms with Gasteiger partial charge in [0.15, 0.2) is 5.76 Å². The summed E-state index contributed by atoms with van der Waals surface area (Å²) in [5, 5.41) is 8.87. The van der Waals surface area contributed by atoms with Crippen molar-refractivity contribution in [3.63, 3.8) is 0 Å². The Morgan fingerprint density at radius 3 is 2.83 bits per heavy atom. The lowest BCUT2D eigenvalue weighted by atomic mass is 10.0. The van der Waals surface area contributed by atoms with Gasteiger partial charge in [-0.1, -0.05) is 0 Å². The van der Waals surface area contributed by atoms with Crippen LogP contribution in [0.25, 0.3) is 0 Å². The van der Waals surface area contributed by atoms with E-state index in [1.807, 2.05) is 0 Å². The Labute approximate surface area is 105 Å². The molecule has 0 saturated carbocycles. The molecule has 1 aliphatic rings. The standard InChI is InChI=1S/C12H16N2O4/c1-13(12(17)10-3-2-4-18-10)7-11(16)14-5-9(6-14)8-15/h2-4,9,15H,5-8H2,1H3. The highest BCUT2D eigenvalue weighted by Crippen LogP contribution is 2.15. The second-order valence-electron chi connectivity index (χ2n) is 4.49. The van der Waals surface area contributed by atoms with E-state index in [4.69, 9.17) is 9.52 Å². The first-order chi connectivity index (χ1) is 8.61. The Morgan fingerprint density at radius 1 is 1.56 bits per heavy atom. The van der Waals surface area contributed by atoms with Crippen molar-refractivity contribution in [2.45, 2.75) is 0 Å². The summed E-state index contributed by atoms with van der Waals surface area (Å²) >= 11 is 0. The van der Waals surface area contributed by atoms with E-state index in [-0.39, 0.29) is 36.6 Å². The minimum Gasteiger partial charge on any atom is -0.459 e. The topological polar surface area (TPSA) is 74.0 Å². The van der Waals surface area contributed by atoms with Crippen molar-refractivity contribution < 1.29 is 19.1 Å². The number of rotatable bonds is 4. The summed E-state index contributed by atoms with van der Waals surface area (Å²) < 4.78 is 4.98. The average Bonchev–Trinajstić information content (AvgIpc) is 2.79. The minimum atomic E-state index is -0.312. The van der Waals surface area contributed by atoms with E-state index < -0.39 is 0 Å². The van der Waals surface area contributed by atoms with Crippen LogP contribution in [0.15, 0.2) is 22.8 Å². The molecule has 0 aromatic carbocycles. The van der Waals surface area contributed by atoms with Crippen LogP contribution < -0.4 is 0 Å². The number of furan rings is 1. The molecule has 0 radical (unpaired) electrons. The SMILES string of the molecule is CN(CC(=O)N1CC(CO)C1)C(=O)c1ccco1. The molecule has 2 amide bonds. The van der Waals surface area contributed by atoms with E-state index in [1.54, 1.807) is 24.1 Å². The summed E-state index contributed by atoms with van der Waals surface area (Å²) in [5.41, 5.74) is 0. The molecule has 1 aromatic heterocycles. The quantitative estimate of drug-likeness (QED) is 0.805. The summed E-state index contributed by atoms with van der Waals surface area (Å²) in [7, 11) is 1.56. The fourth-order valence-corrected chi connectivity index (χ4v) is 1.85. The van der Waals surface area contributed by atoms with Crippen LogP contribution in [0.1, 0.15) is 10.6 Å². The van der Waals surface area contributed by atoms with Gasteiger partial charge in [-0.05, 0) is 12.1 Å². The molecule has 18 heavy (non-hydrogen) atoms. The molecule has 0 unspecified atom stereocenters. The number of likely N-dealkylation sites (N-methyl/N-ethyl adjacent to an activating group) is 1. The van der Waals surface area contributed by atoms with Crippen LogP contribution in [-0.2, 0) is 4.79 Å². The summed E-state index contributed by atoms with van der Waals surface area (Å²) in [6, 6.07) is 3.19. The summed E-state index contributed by atoms with van der Waals surface area (Å²) in [6.45, 7) is 1.26. The molecule has 1 saturated heterocycles. The van der Waals surface area contributed by atoms with Crippen LogP contribution >= 0.6 is 0 Å². The number of carbonyl (C=O) groups is 2. The molecule has 1 fully saturated rings. The van der Waals surface area contributed by atoms with Gasteiger partial charge in [-0.25, -0.2) is 0 Å². The summed E-state index contributed by atoms with van der Waals surface area (Å²) in [5.74, 6) is -0.0168. The van der Waals surface area contributed by atoms with Gasteiger partial charge in [-0.2, -0.15) is 0 Å². The highest BCUT2D eigenvalue weighted by molar-refractivity contribution is 5.94. The lowest BCUT2D eigenvalue weighted by molar-refractivity contribution is -0.138. The molecule has 2 rings (SSSR count). The number of hydrogen-bond donors (Lipinski definition) is 1. The molecule has 0 spiro atoms. The van der Waals surface area contributed by atoms with Crippen molar-refractivity contribution in [1.29, 1.82) is 0 Å². The maximum Gasteiger partial charge on any atom is 0.289 e. The van der Waals surface area contributed by atoms with Crippen molar-refractivity contribution in [2.75, 3.05) is 33.3 Å². The maximum absolute atomic E-state index is 11.8. The van der Waals surface area contributed by atoms with Crippen LogP contribution in [0, 0.1) is 5.92 Å². The van der Waals surface area contributed by atoms with E-state index in [0.29, 0.717) is 13.1 Å². The van der Waals surface area contributed by atoms with Gasteiger partial charge >= 0.3 is 0 Å². The molecule has 0 aliphatic carbocycles. The Balaban J connectivity index is 1.83. The highest BCUT2D eigenvalue weighted by Gasteiger charge is 2.31. The van der Waals surface area contributed by atoms with Crippen molar-refractivity contribution in [3.8, 4) is 0 Å². The third-order valence-electron chi connectivity index (χ3n) is 3.02. The van der Waals surface area contributed by atoms with Crippen molar-refractivity contribution in [3.05, 3.63) is 24.2 Å².